The van der Waals surface area contributed by atoms with E-state index >= 15 is 0 Å². The highest BCUT2D eigenvalue weighted by atomic mass is 79.9. The van der Waals surface area contributed by atoms with Crippen LogP contribution in [0.25, 0.3) is 12.2 Å². The molecule has 0 amide bonds. The van der Waals surface area contributed by atoms with Crippen LogP contribution in [0, 0.1) is 6.92 Å². The normalized spacial score (nSPS) is 14.3. The molecule has 1 aliphatic rings. The van der Waals surface area contributed by atoms with E-state index in [2.05, 4.69) is 15.9 Å². The molecule has 3 aromatic rings. The molecular weight excluding hydrogens is 428 g/mol. The highest BCUT2D eigenvalue weighted by molar-refractivity contribution is 9.10. The number of rotatable bonds is 5. The van der Waals surface area contributed by atoms with Gasteiger partial charge in [0, 0.05) is 10.5 Å². The lowest BCUT2D eigenvalue weighted by atomic mass is 10.0. The third-order valence-corrected chi connectivity index (χ3v) is 5.31. The van der Waals surface area contributed by atoms with Gasteiger partial charge in [0.2, 0.25) is 5.78 Å². The zero-order valence-corrected chi connectivity index (χ0v) is 17.5. The molecule has 0 fully saturated rings. The van der Waals surface area contributed by atoms with Crippen molar-refractivity contribution in [3.05, 3.63) is 105 Å². The Hall–Kier alpha value is -3.11. The molecule has 3 nitrogen and oxygen atoms in total. The average Bonchev–Trinajstić information content (AvgIpc) is 3.03. The first-order chi connectivity index (χ1) is 14.1. The van der Waals surface area contributed by atoms with E-state index < -0.39 is 0 Å². The maximum Gasteiger partial charge on any atom is 0.232 e. The number of fused-ring (bicyclic) bond motifs is 1. The van der Waals surface area contributed by atoms with Crippen LogP contribution in [0.15, 0.2) is 83.0 Å². The van der Waals surface area contributed by atoms with Crippen molar-refractivity contribution in [3.63, 3.8) is 0 Å². The van der Waals surface area contributed by atoms with Crippen LogP contribution in [0.5, 0.6) is 11.5 Å². The van der Waals surface area contributed by atoms with Crippen LogP contribution >= 0.6 is 15.9 Å². The lowest BCUT2D eigenvalue weighted by Gasteiger charge is -2.07. The molecule has 0 unspecified atom stereocenters. The fourth-order valence-electron chi connectivity index (χ4n) is 3.19. The number of hydrogen-bond donors (Lipinski definition) is 0. The lowest BCUT2D eigenvalue weighted by Crippen LogP contribution is -2.00. The molecule has 0 aliphatic carbocycles. The van der Waals surface area contributed by atoms with Gasteiger partial charge in [0.25, 0.3) is 0 Å². The van der Waals surface area contributed by atoms with E-state index in [1.807, 2.05) is 79.7 Å². The summed E-state index contributed by atoms with van der Waals surface area (Å²) in [6.45, 7) is 2.33. The van der Waals surface area contributed by atoms with Crippen LogP contribution < -0.4 is 9.47 Å². The number of ether oxygens (including phenoxy) is 2. The SMILES string of the molecule is Cc1cc(OC/C=C/c2ccccc2)cc2c1C(=O)/C(=C/c1ccccc1Br)O2. The van der Waals surface area contributed by atoms with Crippen molar-refractivity contribution >= 4 is 33.9 Å². The van der Waals surface area contributed by atoms with Crippen LogP contribution in [0.2, 0.25) is 0 Å². The first kappa shape index (κ1) is 19.2. The predicted molar refractivity (Wildman–Crippen MR) is 119 cm³/mol. The van der Waals surface area contributed by atoms with Crippen LogP contribution in [0.3, 0.4) is 0 Å². The Bertz CT molecular complexity index is 1110. The molecular formula is C25H19BrO3. The molecule has 0 radical (unpaired) electrons. The Morgan fingerprint density at radius 2 is 1.79 bits per heavy atom. The number of allylic oxidation sites excluding steroid dienone is 1. The second kappa shape index (κ2) is 8.50. The van der Waals surface area contributed by atoms with Crippen molar-refractivity contribution in [3.8, 4) is 11.5 Å². The summed E-state index contributed by atoms with van der Waals surface area (Å²) in [5.74, 6) is 1.42. The second-order valence-electron chi connectivity index (χ2n) is 6.70. The summed E-state index contributed by atoms with van der Waals surface area (Å²) >= 11 is 3.50. The molecule has 4 heteroatoms. The zero-order chi connectivity index (χ0) is 20.2. The van der Waals surface area contributed by atoms with Gasteiger partial charge in [0.15, 0.2) is 5.76 Å². The largest absolute Gasteiger partial charge is 0.489 e. The smallest absolute Gasteiger partial charge is 0.232 e. The number of hydrogen-bond acceptors (Lipinski definition) is 3. The van der Waals surface area contributed by atoms with Crippen molar-refractivity contribution < 1.29 is 14.3 Å². The molecule has 3 aromatic carbocycles. The molecule has 0 atom stereocenters. The quantitative estimate of drug-likeness (QED) is 0.421. The van der Waals surface area contributed by atoms with Gasteiger partial charge in [0.05, 0.1) is 5.56 Å². The third kappa shape index (κ3) is 4.33. The third-order valence-electron chi connectivity index (χ3n) is 4.59. The van der Waals surface area contributed by atoms with Gasteiger partial charge in [-0.15, -0.1) is 0 Å². The molecule has 0 N–H and O–H groups in total. The number of benzene rings is 3. The molecule has 1 heterocycles. The first-order valence-electron chi connectivity index (χ1n) is 9.29. The molecule has 0 spiro atoms. The molecule has 1 aliphatic heterocycles. The van der Waals surface area contributed by atoms with E-state index in [1.165, 1.54) is 0 Å². The highest BCUT2D eigenvalue weighted by Crippen LogP contribution is 2.38. The number of ketones is 1. The van der Waals surface area contributed by atoms with E-state index in [9.17, 15) is 4.79 Å². The standard InChI is InChI=1S/C25H19BrO3/c1-17-14-20(28-13-7-10-18-8-3-2-4-9-18)16-22-24(17)25(27)23(29-22)15-19-11-5-6-12-21(19)26/h2-12,14-16H,13H2,1H3/b10-7+,23-15-. The van der Waals surface area contributed by atoms with E-state index in [1.54, 1.807) is 12.1 Å². The van der Waals surface area contributed by atoms with Gasteiger partial charge >= 0.3 is 0 Å². The Labute approximate surface area is 178 Å². The molecule has 29 heavy (non-hydrogen) atoms. The maximum absolute atomic E-state index is 12.8. The summed E-state index contributed by atoms with van der Waals surface area (Å²) in [5, 5.41) is 0. The molecule has 0 bridgehead atoms. The van der Waals surface area contributed by atoms with Gasteiger partial charge in [-0.3, -0.25) is 4.79 Å². The topological polar surface area (TPSA) is 35.5 Å². The van der Waals surface area contributed by atoms with E-state index in [0.29, 0.717) is 29.4 Å². The van der Waals surface area contributed by atoms with Gasteiger partial charge in [-0.2, -0.15) is 0 Å². The summed E-state index contributed by atoms with van der Waals surface area (Å²) in [4.78, 5) is 12.8. The molecule has 4 rings (SSSR count). The van der Waals surface area contributed by atoms with Crippen molar-refractivity contribution in [2.75, 3.05) is 6.61 Å². The molecule has 144 valence electrons. The van der Waals surface area contributed by atoms with Crippen molar-refractivity contribution in [1.82, 2.24) is 0 Å². The van der Waals surface area contributed by atoms with Crippen molar-refractivity contribution in [2.45, 2.75) is 6.92 Å². The molecule has 0 saturated carbocycles. The minimum atomic E-state index is -0.108. The minimum Gasteiger partial charge on any atom is -0.489 e. The van der Waals surface area contributed by atoms with Crippen LogP contribution in [-0.4, -0.2) is 12.4 Å². The van der Waals surface area contributed by atoms with Gasteiger partial charge in [-0.05, 0) is 47.9 Å². The average molecular weight is 447 g/mol. The maximum atomic E-state index is 12.8. The fourth-order valence-corrected chi connectivity index (χ4v) is 3.59. The Kier molecular flexibility index (Phi) is 5.63. The van der Waals surface area contributed by atoms with Gasteiger partial charge in [-0.1, -0.05) is 70.5 Å². The van der Waals surface area contributed by atoms with Crippen molar-refractivity contribution in [2.24, 2.45) is 0 Å². The van der Waals surface area contributed by atoms with E-state index in [4.69, 9.17) is 9.47 Å². The van der Waals surface area contributed by atoms with Gasteiger partial charge in [-0.25, -0.2) is 0 Å². The number of carbonyl (C=O) groups excluding carboxylic acids is 1. The number of halogens is 1. The highest BCUT2D eigenvalue weighted by Gasteiger charge is 2.30. The summed E-state index contributed by atoms with van der Waals surface area (Å²) in [5.41, 5.74) is 3.45. The van der Waals surface area contributed by atoms with Crippen LogP contribution in [0.4, 0.5) is 0 Å². The van der Waals surface area contributed by atoms with Crippen LogP contribution in [0.1, 0.15) is 27.0 Å². The predicted octanol–water partition coefficient (Wildman–Crippen LogP) is 6.47. The first-order valence-corrected chi connectivity index (χ1v) is 10.1. The van der Waals surface area contributed by atoms with Crippen LogP contribution in [-0.2, 0) is 0 Å². The number of Topliss-reactive ketones (excluding diaryl/α,β-unsaturated/α-hetero) is 1. The lowest BCUT2D eigenvalue weighted by molar-refractivity contribution is 0.101. The molecule has 0 aromatic heterocycles. The van der Waals surface area contributed by atoms with Gasteiger partial charge < -0.3 is 9.47 Å². The zero-order valence-electron chi connectivity index (χ0n) is 15.9. The Balaban J connectivity index is 1.50. The Morgan fingerprint density at radius 3 is 2.59 bits per heavy atom. The fraction of sp³-hybridized carbons (Fsp3) is 0.0800. The Morgan fingerprint density at radius 1 is 1.03 bits per heavy atom. The summed E-state index contributed by atoms with van der Waals surface area (Å²) in [6.07, 6.45) is 5.73. The monoisotopic (exact) mass is 446 g/mol. The summed E-state index contributed by atoms with van der Waals surface area (Å²) in [7, 11) is 0. The van der Waals surface area contributed by atoms with E-state index in [-0.39, 0.29) is 5.78 Å². The second-order valence-corrected chi connectivity index (χ2v) is 7.55. The molecule has 0 saturated heterocycles. The van der Waals surface area contributed by atoms with Gasteiger partial charge in [0.1, 0.15) is 18.1 Å². The van der Waals surface area contributed by atoms with Crippen molar-refractivity contribution in [1.29, 1.82) is 0 Å². The number of carbonyl (C=O) groups is 1. The van der Waals surface area contributed by atoms with E-state index in [0.717, 1.165) is 21.2 Å². The summed E-state index contributed by atoms with van der Waals surface area (Å²) < 4.78 is 12.6. The minimum absolute atomic E-state index is 0.108. The number of aryl methyl sites for hydroxylation is 1. The summed E-state index contributed by atoms with van der Waals surface area (Å²) in [6, 6.07) is 21.4.